The fraction of sp³-hybridized carbons (Fsp3) is 0.962. The second-order valence-electron chi connectivity index (χ2n) is 9.88. The highest BCUT2D eigenvalue weighted by atomic mass is 31.1. The Morgan fingerprint density at radius 2 is 1.03 bits per heavy atom. The zero-order valence-corrected chi connectivity index (χ0v) is 20.3. The van der Waals surface area contributed by atoms with Crippen LogP contribution in [0.4, 0.5) is 0 Å². The zero-order chi connectivity index (χ0) is 20.7. The van der Waals surface area contributed by atoms with Crippen LogP contribution in [0.15, 0.2) is 0 Å². The van der Waals surface area contributed by atoms with Gasteiger partial charge in [0, 0.05) is 6.42 Å². The normalized spacial score (nSPS) is 22.3. The van der Waals surface area contributed by atoms with Crippen molar-refractivity contribution < 1.29 is 9.90 Å². The Kier molecular flexibility index (Phi) is 13.6. The number of hydrogen-bond acceptors (Lipinski definition) is 1. The predicted octanol–water partition coefficient (Wildman–Crippen LogP) is 8.90. The Morgan fingerprint density at radius 3 is 1.38 bits per heavy atom. The van der Waals surface area contributed by atoms with Gasteiger partial charge < -0.3 is 5.11 Å². The number of unbranched alkanes of at least 4 members (excludes halogenated alkanes) is 4. The molecule has 170 valence electrons. The quantitative estimate of drug-likeness (QED) is 0.296. The minimum absolute atomic E-state index is 0.337. The predicted molar refractivity (Wildman–Crippen MR) is 129 cm³/mol. The van der Waals surface area contributed by atoms with E-state index in [1.165, 1.54) is 55.5 Å². The molecule has 3 saturated carbocycles. The van der Waals surface area contributed by atoms with Crippen LogP contribution in [0, 0.1) is 0 Å². The topological polar surface area (TPSA) is 37.3 Å². The smallest absolute Gasteiger partial charge is 0.303 e. The van der Waals surface area contributed by atoms with Crippen LogP contribution in [0.2, 0.25) is 0 Å². The van der Waals surface area contributed by atoms with Crippen molar-refractivity contribution in [2.45, 2.75) is 159 Å². The third kappa shape index (κ3) is 10.2. The van der Waals surface area contributed by atoms with Gasteiger partial charge in [0.25, 0.3) is 0 Å². The van der Waals surface area contributed by atoms with E-state index < -0.39 is 5.97 Å². The Labute approximate surface area is 182 Å². The van der Waals surface area contributed by atoms with Crippen molar-refractivity contribution in [2.75, 3.05) is 0 Å². The summed E-state index contributed by atoms with van der Waals surface area (Å²) in [5.41, 5.74) is 3.57. The van der Waals surface area contributed by atoms with Gasteiger partial charge in [-0.25, -0.2) is 0 Å². The average molecular weight is 425 g/mol. The summed E-state index contributed by atoms with van der Waals surface area (Å²) in [4.78, 5) is 10.0. The first-order chi connectivity index (χ1) is 14.2. The van der Waals surface area contributed by atoms with Gasteiger partial charge in [-0.1, -0.05) is 98.3 Å². The van der Waals surface area contributed by atoms with Crippen LogP contribution in [0.1, 0.15) is 142 Å². The molecule has 0 bridgehead atoms. The van der Waals surface area contributed by atoms with Crippen molar-refractivity contribution in [3.8, 4) is 0 Å². The van der Waals surface area contributed by atoms with E-state index in [1.54, 1.807) is 77.0 Å². The molecular weight excluding hydrogens is 375 g/mol. The molecule has 1 N–H and O–H groups in total. The first-order valence-corrected chi connectivity index (χ1v) is 14.8. The molecule has 0 aromatic carbocycles. The van der Waals surface area contributed by atoms with Crippen LogP contribution in [0.3, 0.4) is 0 Å². The van der Waals surface area contributed by atoms with Crippen molar-refractivity contribution in [3.05, 3.63) is 0 Å². The van der Waals surface area contributed by atoms with E-state index in [4.69, 9.17) is 5.11 Å². The molecule has 0 aromatic rings. The number of hydrogen-bond donors (Lipinski definition) is 1. The first-order valence-electron chi connectivity index (χ1n) is 13.2. The van der Waals surface area contributed by atoms with Gasteiger partial charge in [-0.05, 0) is 61.9 Å². The van der Waals surface area contributed by atoms with Crippen LogP contribution in [0.5, 0.6) is 0 Å². The van der Waals surface area contributed by atoms with Gasteiger partial charge in [0.15, 0.2) is 0 Å². The van der Waals surface area contributed by atoms with Crippen LogP contribution in [-0.4, -0.2) is 28.1 Å². The number of rotatable bonds is 9. The molecule has 29 heavy (non-hydrogen) atoms. The maximum absolute atomic E-state index is 10.0. The summed E-state index contributed by atoms with van der Waals surface area (Å²) in [6.07, 6.45) is 29.5. The molecule has 3 aliphatic rings. The largest absolute Gasteiger partial charge is 0.481 e. The maximum Gasteiger partial charge on any atom is 0.303 e. The van der Waals surface area contributed by atoms with E-state index >= 15 is 0 Å². The molecule has 0 aliphatic heterocycles. The highest BCUT2D eigenvalue weighted by Crippen LogP contribution is 2.61. The van der Waals surface area contributed by atoms with Gasteiger partial charge in [-0.2, -0.15) is 0 Å². The molecule has 0 heterocycles. The SMILES string of the molecule is C1CCC(P(C2CCCCC2)C2CCCCC2)CC1.CCCCCCCC(=O)O. The van der Waals surface area contributed by atoms with Gasteiger partial charge in [0.2, 0.25) is 0 Å². The lowest BCUT2D eigenvalue weighted by molar-refractivity contribution is -0.137. The first kappa shape index (κ1) is 25.2. The molecule has 0 saturated heterocycles. The molecule has 0 unspecified atom stereocenters. The van der Waals surface area contributed by atoms with Crippen LogP contribution < -0.4 is 0 Å². The summed E-state index contributed by atoms with van der Waals surface area (Å²) in [6, 6.07) is 0. The maximum atomic E-state index is 10.0. The molecular formula is C26H49O2P. The van der Waals surface area contributed by atoms with Gasteiger partial charge in [0.05, 0.1) is 0 Å². The zero-order valence-electron chi connectivity index (χ0n) is 19.4. The number of carboxylic acid groups (broad SMARTS) is 1. The van der Waals surface area contributed by atoms with E-state index in [0.717, 1.165) is 12.8 Å². The third-order valence-electron chi connectivity index (χ3n) is 7.48. The molecule has 3 fully saturated rings. The lowest BCUT2D eigenvalue weighted by Crippen LogP contribution is -2.28. The van der Waals surface area contributed by atoms with Crippen LogP contribution >= 0.6 is 7.92 Å². The third-order valence-corrected chi connectivity index (χ3v) is 11.6. The van der Waals surface area contributed by atoms with Crippen LogP contribution in [-0.2, 0) is 4.79 Å². The Balaban J connectivity index is 0.000000257. The molecule has 0 atom stereocenters. The number of aliphatic carboxylic acids is 1. The minimum Gasteiger partial charge on any atom is -0.481 e. The summed E-state index contributed by atoms with van der Waals surface area (Å²) in [5.74, 6) is -0.670. The molecule has 0 aromatic heterocycles. The molecule has 0 radical (unpaired) electrons. The van der Waals surface area contributed by atoms with Crippen molar-refractivity contribution in [3.63, 3.8) is 0 Å². The second-order valence-corrected chi connectivity index (χ2v) is 13.0. The van der Waals surface area contributed by atoms with E-state index in [1.807, 2.05) is 0 Å². The van der Waals surface area contributed by atoms with E-state index in [2.05, 4.69) is 6.92 Å². The van der Waals surface area contributed by atoms with Gasteiger partial charge >= 0.3 is 5.97 Å². The van der Waals surface area contributed by atoms with Crippen LogP contribution in [0.25, 0.3) is 0 Å². The van der Waals surface area contributed by atoms with Crippen molar-refractivity contribution >= 4 is 13.9 Å². The lowest BCUT2D eigenvalue weighted by Gasteiger charge is -2.44. The molecule has 3 rings (SSSR count). The summed E-state index contributed by atoms with van der Waals surface area (Å²) >= 11 is 0. The van der Waals surface area contributed by atoms with E-state index in [0.29, 0.717) is 14.3 Å². The fourth-order valence-corrected chi connectivity index (χ4v) is 10.6. The molecule has 3 heteroatoms. The van der Waals surface area contributed by atoms with E-state index in [-0.39, 0.29) is 0 Å². The van der Waals surface area contributed by atoms with E-state index in [9.17, 15) is 4.79 Å². The second kappa shape index (κ2) is 15.7. The summed E-state index contributed by atoms with van der Waals surface area (Å²) in [6.45, 7) is 2.15. The van der Waals surface area contributed by atoms with Crippen molar-refractivity contribution in [1.82, 2.24) is 0 Å². The highest BCUT2D eigenvalue weighted by molar-refractivity contribution is 7.60. The Hall–Kier alpha value is -0.100. The van der Waals surface area contributed by atoms with Gasteiger partial charge in [-0.15, -0.1) is 0 Å². The average Bonchev–Trinajstić information content (AvgIpc) is 2.76. The van der Waals surface area contributed by atoms with Crippen molar-refractivity contribution in [2.24, 2.45) is 0 Å². The summed E-state index contributed by atoms with van der Waals surface area (Å²) < 4.78 is 0. The minimum atomic E-state index is -0.670. The number of carboxylic acids is 1. The lowest BCUT2D eigenvalue weighted by atomic mass is 9.99. The fourth-order valence-electron chi connectivity index (χ4n) is 5.91. The Bertz CT molecular complexity index is 364. The highest BCUT2D eigenvalue weighted by Gasteiger charge is 2.36. The number of carbonyl (C=O) groups is 1. The molecule has 0 amide bonds. The summed E-state index contributed by atoms with van der Waals surface area (Å²) in [7, 11) is 0.385. The molecule has 3 aliphatic carbocycles. The van der Waals surface area contributed by atoms with Crippen molar-refractivity contribution in [1.29, 1.82) is 0 Å². The van der Waals surface area contributed by atoms with Gasteiger partial charge in [0.1, 0.15) is 0 Å². The monoisotopic (exact) mass is 424 g/mol. The standard InChI is InChI=1S/C18H33P.C8H16O2/c1-4-10-16(11-5-1)19(17-12-6-2-7-13-17)18-14-8-3-9-15-18;1-2-3-4-5-6-7-8(9)10/h16-18H,1-15H2;2-7H2,1H3,(H,9,10). The summed E-state index contributed by atoms with van der Waals surface area (Å²) in [5, 5.41) is 8.27. The molecule has 0 spiro atoms. The van der Waals surface area contributed by atoms with Gasteiger partial charge in [-0.3, -0.25) is 4.79 Å². The Morgan fingerprint density at radius 1 is 0.655 bits per heavy atom. The molecule has 2 nitrogen and oxygen atoms in total.